The van der Waals surface area contributed by atoms with Crippen LogP contribution in [0.3, 0.4) is 0 Å². The third-order valence-corrected chi connectivity index (χ3v) is 11.6. The van der Waals surface area contributed by atoms with Gasteiger partial charge in [0.2, 0.25) is 0 Å². The molecule has 7 aromatic carbocycles. The first kappa shape index (κ1) is 32.1. The van der Waals surface area contributed by atoms with Crippen molar-refractivity contribution < 1.29 is 0 Å². The quantitative estimate of drug-likeness (QED) is 0.169. The largest absolute Gasteiger partial charge is 0.311 e. The lowest BCUT2D eigenvalue weighted by Gasteiger charge is -2.26. The Labute approximate surface area is 326 Å². The molecule has 4 aromatic heterocycles. The first-order valence-electron chi connectivity index (χ1n) is 18.4. The van der Waals surface area contributed by atoms with Crippen LogP contribution in [0.15, 0.2) is 183 Å². The molecule has 6 nitrogen and oxygen atoms in total. The van der Waals surface area contributed by atoms with Crippen LogP contribution in [0.1, 0.15) is 0 Å². The fourth-order valence-electron chi connectivity index (χ4n) is 7.82. The molecule has 0 fully saturated rings. The summed E-state index contributed by atoms with van der Waals surface area (Å²) in [5, 5.41) is 5.65. The van der Waals surface area contributed by atoms with Crippen molar-refractivity contribution in [3.05, 3.63) is 183 Å². The molecule has 0 amide bonds. The summed E-state index contributed by atoms with van der Waals surface area (Å²) in [6.07, 6.45) is 6.89. The van der Waals surface area contributed by atoms with Crippen molar-refractivity contribution in [2.24, 2.45) is 0 Å². The van der Waals surface area contributed by atoms with Gasteiger partial charge in [-0.2, -0.15) is 0 Å². The van der Waals surface area contributed by atoms with Crippen LogP contribution in [-0.4, -0.2) is 24.9 Å². The van der Waals surface area contributed by atoms with Gasteiger partial charge in [-0.05, 0) is 88.5 Å². The van der Waals surface area contributed by atoms with Gasteiger partial charge in [-0.3, -0.25) is 0 Å². The molecule has 0 saturated carbocycles. The van der Waals surface area contributed by atoms with Crippen LogP contribution in [0.4, 0.5) is 17.1 Å². The van der Waals surface area contributed by atoms with Gasteiger partial charge in [0.15, 0.2) is 0 Å². The minimum atomic E-state index is 0.928. The highest BCUT2D eigenvalue weighted by molar-refractivity contribution is 7.25. The number of nitrogens with zero attached hydrogens (tertiary/aromatic N) is 6. The SMILES string of the molecule is c1ccc2c(-c3ccc(N(c4ccc(-c5ccc6cncnc6c5)cc4)c4ccc(-c5ccc6cncnc6c5)cc4)cc3)c3c(nc2c1)sc1ccccc13. The molecule has 11 rings (SSSR count). The number of pyridine rings is 1. The van der Waals surface area contributed by atoms with Crippen molar-refractivity contribution >= 4 is 81.4 Å². The Hall–Kier alpha value is -7.35. The van der Waals surface area contributed by atoms with E-state index in [4.69, 9.17) is 4.98 Å². The van der Waals surface area contributed by atoms with E-state index in [1.54, 1.807) is 24.0 Å². The monoisotopic (exact) mass is 734 g/mol. The normalized spacial score (nSPS) is 11.6. The van der Waals surface area contributed by atoms with E-state index in [1.807, 2.05) is 12.4 Å². The highest BCUT2D eigenvalue weighted by Crippen LogP contribution is 2.44. The Balaban J connectivity index is 1.02. The fraction of sp³-hybridized carbons (Fsp3) is 0. The first-order valence-corrected chi connectivity index (χ1v) is 19.3. The summed E-state index contributed by atoms with van der Waals surface area (Å²) in [5.41, 5.74) is 12.9. The number of para-hydroxylation sites is 1. The molecular weight excluding hydrogens is 705 g/mol. The van der Waals surface area contributed by atoms with Gasteiger partial charge in [-0.25, -0.2) is 24.9 Å². The second-order valence-electron chi connectivity index (χ2n) is 13.9. The van der Waals surface area contributed by atoms with Crippen LogP contribution in [0.2, 0.25) is 0 Å². The molecule has 4 heterocycles. The van der Waals surface area contributed by atoms with Crippen LogP contribution in [0.5, 0.6) is 0 Å². The predicted molar refractivity (Wildman–Crippen MR) is 232 cm³/mol. The topological polar surface area (TPSA) is 67.7 Å². The third-order valence-electron chi connectivity index (χ3n) is 10.6. The van der Waals surface area contributed by atoms with Crippen LogP contribution in [0.25, 0.3) is 86.4 Å². The summed E-state index contributed by atoms with van der Waals surface area (Å²) >= 11 is 1.76. The molecule has 0 bridgehead atoms. The summed E-state index contributed by atoms with van der Waals surface area (Å²) in [6, 6.07) is 56.3. The number of hydrogen-bond acceptors (Lipinski definition) is 7. The molecule has 0 radical (unpaired) electrons. The van der Waals surface area contributed by atoms with Gasteiger partial charge in [0.1, 0.15) is 17.5 Å². The van der Waals surface area contributed by atoms with Gasteiger partial charge in [0, 0.05) is 66.7 Å². The Morgan fingerprint density at radius 2 is 0.929 bits per heavy atom. The average molecular weight is 735 g/mol. The second kappa shape index (κ2) is 13.2. The first-order chi connectivity index (χ1) is 27.7. The van der Waals surface area contributed by atoms with Gasteiger partial charge in [0.25, 0.3) is 0 Å². The van der Waals surface area contributed by atoms with Crippen molar-refractivity contribution in [3.63, 3.8) is 0 Å². The fourth-order valence-corrected chi connectivity index (χ4v) is 8.91. The number of fused-ring (bicyclic) bond motifs is 6. The smallest absolute Gasteiger partial charge is 0.125 e. The van der Waals surface area contributed by atoms with Gasteiger partial charge < -0.3 is 4.90 Å². The summed E-state index contributed by atoms with van der Waals surface area (Å²) in [4.78, 5) is 25.8. The molecule has 11 aromatic rings. The lowest BCUT2D eigenvalue weighted by molar-refractivity contribution is 1.22. The summed E-state index contributed by atoms with van der Waals surface area (Å²) in [7, 11) is 0. The van der Waals surface area contributed by atoms with E-state index < -0.39 is 0 Å². The molecule has 0 N–H and O–H groups in total. The maximum absolute atomic E-state index is 5.11. The Bertz CT molecular complexity index is 3130. The summed E-state index contributed by atoms with van der Waals surface area (Å²) in [6.45, 7) is 0. The Kier molecular flexibility index (Phi) is 7.57. The zero-order valence-corrected chi connectivity index (χ0v) is 30.7. The zero-order valence-electron chi connectivity index (χ0n) is 29.9. The number of hydrogen-bond donors (Lipinski definition) is 0. The van der Waals surface area contributed by atoms with Crippen LogP contribution >= 0.6 is 11.3 Å². The van der Waals surface area contributed by atoms with Crippen LogP contribution in [0, 0.1) is 0 Å². The van der Waals surface area contributed by atoms with Crippen molar-refractivity contribution in [2.75, 3.05) is 4.90 Å². The van der Waals surface area contributed by atoms with Crippen LogP contribution in [-0.2, 0) is 0 Å². The lowest BCUT2D eigenvalue weighted by Crippen LogP contribution is -2.09. The third kappa shape index (κ3) is 5.52. The van der Waals surface area contributed by atoms with Gasteiger partial charge in [-0.1, -0.05) is 97.1 Å². The van der Waals surface area contributed by atoms with Crippen molar-refractivity contribution in [1.82, 2.24) is 24.9 Å². The van der Waals surface area contributed by atoms with Gasteiger partial charge in [0.05, 0.1) is 16.6 Å². The maximum Gasteiger partial charge on any atom is 0.125 e. The van der Waals surface area contributed by atoms with Gasteiger partial charge >= 0.3 is 0 Å². The highest BCUT2D eigenvalue weighted by Gasteiger charge is 2.18. The molecule has 0 atom stereocenters. The van der Waals surface area contributed by atoms with Gasteiger partial charge in [-0.15, -0.1) is 11.3 Å². The molecule has 0 aliphatic carbocycles. The molecule has 0 aliphatic rings. The van der Waals surface area contributed by atoms with Crippen molar-refractivity contribution in [3.8, 4) is 33.4 Å². The lowest BCUT2D eigenvalue weighted by atomic mass is 9.96. The number of aromatic nitrogens is 5. The molecule has 0 spiro atoms. The number of thiophene rings is 1. The molecule has 56 heavy (non-hydrogen) atoms. The second-order valence-corrected chi connectivity index (χ2v) is 14.9. The standard InChI is InChI=1S/C49H30N6S/c1-3-7-43-41(5-1)47(48-42-6-2-4-8-46(42)56-49(48)54-43)33-17-23-40(24-18-33)55(38-19-13-31(14-20-38)34-9-11-36-27-50-29-52-44(36)25-34)39-21-15-32(16-22-39)35-10-12-37-28-51-30-53-45(37)26-35/h1-30H. The average Bonchev–Trinajstić information content (AvgIpc) is 3.64. The number of rotatable bonds is 6. The Morgan fingerprint density at radius 1 is 0.429 bits per heavy atom. The number of benzene rings is 7. The summed E-state index contributed by atoms with van der Waals surface area (Å²) < 4.78 is 1.25. The minimum Gasteiger partial charge on any atom is -0.311 e. The van der Waals surface area contributed by atoms with E-state index in [9.17, 15) is 0 Å². The molecular formula is C49H30N6S. The van der Waals surface area contributed by atoms with Crippen LogP contribution < -0.4 is 4.90 Å². The molecule has 0 unspecified atom stereocenters. The molecule has 0 aliphatic heterocycles. The van der Waals surface area contributed by atoms with E-state index in [0.29, 0.717) is 0 Å². The number of anilines is 3. The minimum absolute atomic E-state index is 0.928. The van der Waals surface area contributed by atoms with E-state index in [-0.39, 0.29) is 0 Å². The van der Waals surface area contributed by atoms with Crippen molar-refractivity contribution in [2.45, 2.75) is 0 Å². The van der Waals surface area contributed by atoms with E-state index in [1.165, 1.54) is 21.0 Å². The van der Waals surface area contributed by atoms with E-state index >= 15 is 0 Å². The Morgan fingerprint density at radius 3 is 1.52 bits per heavy atom. The zero-order chi connectivity index (χ0) is 37.0. The highest BCUT2D eigenvalue weighted by atomic mass is 32.1. The van der Waals surface area contributed by atoms with E-state index in [0.717, 1.165) is 82.4 Å². The predicted octanol–water partition coefficient (Wildman–Crippen LogP) is 13.0. The molecule has 262 valence electrons. The van der Waals surface area contributed by atoms with E-state index in [2.05, 4.69) is 183 Å². The molecule has 0 saturated heterocycles. The summed E-state index contributed by atoms with van der Waals surface area (Å²) in [5.74, 6) is 0. The molecule has 7 heteroatoms. The van der Waals surface area contributed by atoms with Crippen molar-refractivity contribution in [1.29, 1.82) is 0 Å². The maximum atomic E-state index is 5.11.